The lowest BCUT2D eigenvalue weighted by Gasteiger charge is -2.09. The van der Waals surface area contributed by atoms with E-state index in [1.165, 1.54) is 10.7 Å². The number of anilines is 3. The van der Waals surface area contributed by atoms with E-state index >= 15 is 0 Å². The summed E-state index contributed by atoms with van der Waals surface area (Å²) in [6.45, 7) is 2.56. The number of imidazole rings is 1. The van der Waals surface area contributed by atoms with Crippen molar-refractivity contribution in [1.29, 1.82) is 5.26 Å². The number of aromatic nitrogens is 3. The lowest BCUT2D eigenvalue weighted by Crippen LogP contribution is -2.03. The highest BCUT2D eigenvalue weighted by Crippen LogP contribution is 2.24. The first-order valence-electron chi connectivity index (χ1n) is 6.75. The highest BCUT2D eigenvalue weighted by Gasteiger charge is 2.10. The van der Waals surface area contributed by atoms with Crippen LogP contribution in [0.5, 0.6) is 5.75 Å². The molecule has 7 nitrogen and oxygen atoms in total. The van der Waals surface area contributed by atoms with Crippen LogP contribution < -0.4 is 15.8 Å². The molecule has 0 spiro atoms. The molecular weight excluding hydrogens is 280 g/mol. The van der Waals surface area contributed by atoms with Crippen molar-refractivity contribution >= 4 is 22.8 Å². The zero-order valence-electron chi connectivity index (χ0n) is 11.9. The normalized spacial score (nSPS) is 10.4. The lowest BCUT2D eigenvalue weighted by atomic mass is 10.3. The summed E-state index contributed by atoms with van der Waals surface area (Å²) in [4.78, 5) is 4.21. The molecule has 0 saturated carbocycles. The fraction of sp³-hybridized carbons (Fsp3) is 0.133. The molecule has 3 N–H and O–H groups in total. The average Bonchev–Trinajstić information content (AvgIpc) is 2.92. The highest BCUT2D eigenvalue weighted by molar-refractivity contribution is 5.76. The minimum Gasteiger partial charge on any atom is -0.494 e. The van der Waals surface area contributed by atoms with Crippen LogP contribution in [0.3, 0.4) is 0 Å². The Kier molecular flexibility index (Phi) is 3.50. The Morgan fingerprint density at radius 1 is 1.36 bits per heavy atom. The molecule has 1 aromatic carbocycles. The quantitative estimate of drug-likeness (QED) is 0.765. The van der Waals surface area contributed by atoms with Gasteiger partial charge < -0.3 is 15.8 Å². The number of nitrogens with zero attached hydrogens (tertiary/aromatic N) is 4. The van der Waals surface area contributed by atoms with E-state index in [0.29, 0.717) is 29.5 Å². The summed E-state index contributed by atoms with van der Waals surface area (Å²) in [6, 6.07) is 11.2. The van der Waals surface area contributed by atoms with Crippen LogP contribution >= 0.6 is 0 Å². The second-order valence-corrected chi connectivity index (χ2v) is 4.56. The molecule has 0 aliphatic carbocycles. The van der Waals surface area contributed by atoms with Gasteiger partial charge in [0, 0.05) is 11.8 Å². The molecular formula is C15H14N6O. The standard InChI is InChI=1S/C15H14N6O/c1-2-22-12-5-3-10(4-6-12)19-13-7-14(17)20-21-11(8-16)9-18-15(13)21/h3-7,9,19H,2H2,1H3,(H2,17,20). The molecule has 0 amide bonds. The van der Waals surface area contributed by atoms with E-state index in [4.69, 9.17) is 15.7 Å². The van der Waals surface area contributed by atoms with Gasteiger partial charge in [-0.1, -0.05) is 0 Å². The first kappa shape index (κ1) is 13.7. The molecule has 0 aliphatic rings. The molecule has 0 atom stereocenters. The molecule has 110 valence electrons. The molecule has 3 aromatic rings. The molecule has 2 aromatic heterocycles. The Bertz CT molecular complexity index is 847. The molecule has 0 unspecified atom stereocenters. The second kappa shape index (κ2) is 5.61. The largest absolute Gasteiger partial charge is 0.494 e. The summed E-state index contributed by atoms with van der Waals surface area (Å²) in [5.41, 5.74) is 8.21. The number of nitrogens with two attached hydrogens (primary N) is 1. The fourth-order valence-electron chi connectivity index (χ4n) is 2.11. The number of hydrogen-bond acceptors (Lipinski definition) is 6. The van der Waals surface area contributed by atoms with Gasteiger partial charge in [0.05, 0.1) is 18.5 Å². The van der Waals surface area contributed by atoms with Crippen molar-refractivity contribution in [2.24, 2.45) is 0 Å². The van der Waals surface area contributed by atoms with Crippen LogP contribution in [-0.2, 0) is 0 Å². The van der Waals surface area contributed by atoms with Gasteiger partial charge in [-0.25, -0.2) is 4.98 Å². The van der Waals surface area contributed by atoms with Crippen molar-refractivity contribution in [2.75, 3.05) is 17.7 Å². The fourth-order valence-corrected chi connectivity index (χ4v) is 2.11. The van der Waals surface area contributed by atoms with Gasteiger partial charge in [-0.05, 0) is 31.2 Å². The Morgan fingerprint density at radius 2 is 2.14 bits per heavy atom. The van der Waals surface area contributed by atoms with Gasteiger partial charge in [-0.2, -0.15) is 9.78 Å². The Morgan fingerprint density at radius 3 is 2.82 bits per heavy atom. The molecule has 0 fully saturated rings. The number of hydrogen-bond donors (Lipinski definition) is 2. The van der Waals surface area contributed by atoms with Gasteiger partial charge in [0.1, 0.15) is 17.6 Å². The molecule has 7 heteroatoms. The smallest absolute Gasteiger partial charge is 0.178 e. The van der Waals surface area contributed by atoms with Crippen LogP contribution in [0.4, 0.5) is 17.2 Å². The maximum atomic E-state index is 9.05. The summed E-state index contributed by atoms with van der Waals surface area (Å²) in [5, 5.41) is 16.4. The van der Waals surface area contributed by atoms with Crippen LogP contribution in [0, 0.1) is 11.3 Å². The Balaban J connectivity index is 1.96. The molecule has 0 radical (unpaired) electrons. The minimum atomic E-state index is 0.301. The summed E-state index contributed by atoms with van der Waals surface area (Å²) in [6.07, 6.45) is 1.46. The van der Waals surface area contributed by atoms with E-state index in [9.17, 15) is 0 Å². The average molecular weight is 294 g/mol. The van der Waals surface area contributed by atoms with Gasteiger partial charge in [0.2, 0.25) is 0 Å². The van der Waals surface area contributed by atoms with E-state index in [2.05, 4.69) is 15.4 Å². The maximum absolute atomic E-state index is 9.05. The first-order chi connectivity index (χ1) is 10.7. The van der Waals surface area contributed by atoms with E-state index in [1.54, 1.807) is 6.07 Å². The van der Waals surface area contributed by atoms with Crippen molar-refractivity contribution in [1.82, 2.24) is 14.6 Å². The van der Waals surface area contributed by atoms with Gasteiger partial charge in [-0.15, -0.1) is 5.10 Å². The zero-order valence-corrected chi connectivity index (χ0v) is 11.9. The molecule has 22 heavy (non-hydrogen) atoms. The van der Waals surface area contributed by atoms with E-state index in [0.717, 1.165) is 11.4 Å². The SMILES string of the molecule is CCOc1ccc(Nc2cc(N)nn3c(C#N)cnc23)cc1. The predicted molar refractivity (Wildman–Crippen MR) is 83.0 cm³/mol. The van der Waals surface area contributed by atoms with E-state index in [1.807, 2.05) is 37.3 Å². The van der Waals surface area contributed by atoms with Crippen LogP contribution in [0.1, 0.15) is 12.6 Å². The first-order valence-corrected chi connectivity index (χ1v) is 6.75. The topological polar surface area (TPSA) is 101 Å². The van der Waals surface area contributed by atoms with Crippen molar-refractivity contribution in [2.45, 2.75) is 6.92 Å². The minimum absolute atomic E-state index is 0.301. The molecule has 0 bridgehead atoms. The number of fused-ring (bicyclic) bond motifs is 1. The summed E-state index contributed by atoms with van der Waals surface area (Å²) in [7, 11) is 0. The van der Waals surface area contributed by atoms with Crippen LogP contribution in [0.15, 0.2) is 36.5 Å². The van der Waals surface area contributed by atoms with Crippen molar-refractivity contribution in [3.05, 3.63) is 42.2 Å². The monoisotopic (exact) mass is 294 g/mol. The van der Waals surface area contributed by atoms with Crippen molar-refractivity contribution in [3.63, 3.8) is 0 Å². The Hall–Kier alpha value is -3.27. The van der Waals surface area contributed by atoms with Crippen LogP contribution in [0.2, 0.25) is 0 Å². The number of benzene rings is 1. The van der Waals surface area contributed by atoms with Crippen molar-refractivity contribution < 1.29 is 4.74 Å². The molecule has 0 aliphatic heterocycles. The molecule has 2 heterocycles. The van der Waals surface area contributed by atoms with Gasteiger partial charge in [0.15, 0.2) is 11.3 Å². The third-order valence-electron chi connectivity index (χ3n) is 3.05. The van der Waals surface area contributed by atoms with Gasteiger partial charge in [0.25, 0.3) is 0 Å². The molecule has 3 rings (SSSR count). The number of nitriles is 1. The van der Waals surface area contributed by atoms with Gasteiger partial charge in [-0.3, -0.25) is 0 Å². The van der Waals surface area contributed by atoms with E-state index < -0.39 is 0 Å². The third kappa shape index (κ3) is 2.50. The second-order valence-electron chi connectivity index (χ2n) is 4.56. The number of ether oxygens (including phenoxy) is 1. The number of rotatable bonds is 4. The van der Waals surface area contributed by atoms with Crippen LogP contribution in [0.25, 0.3) is 5.65 Å². The Labute approximate surface area is 127 Å². The van der Waals surface area contributed by atoms with Crippen LogP contribution in [-0.4, -0.2) is 21.2 Å². The summed E-state index contributed by atoms with van der Waals surface area (Å²) in [5.74, 6) is 1.11. The summed E-state index contributed by atoms with van der Waals surface area (Å²) < 4.78 is 6.83. The number of nitrogen functional groups attached to an aromatic ring is 1. The van der Waals surface area contributed by atoms with Gasteiger partial charge >= 0.3 is 0 Å². The zero-order chi connectivity index (χ0) is 15.5. The van der Waals surface area contributed by atoms with Crippen molar-refractivity contribution in [3.8, 4) is 11.8 Å². The molecule has 0 saturated heterocycles. The third-order valence-corrected chi connectivity index (χ3v) is 3.05. The number of nitrogens with one attached hydrogen (secondary N) is 1. The highest BCUT2D eigenvalue weighted by atomic mass is 16.5. The van der Waals surface area contributed by atoms with E-state index in [-0.39, 0.29) is 0 Å². The predicted octanol–water partition coefficient (Wildman–Crippen LogP) is 2.33. The lowest BCUT2D eigenvalue weighted by molar-refractivity contribution is 0.340. The summed E-state index contributed by atoms with van der Waals surface area (Å²) >= 11 is 0. The maximum Gasteiger partial charge on any atom is 0.178 e.